The highest BCUT2D eigenvalue weighted by Crippen LogP contribution is 2.26. The van der Waals surface area contributed by atoms with E-state index in [1.165, 1.54) is 6.07 Å². The minimum absolute atomic E-state index is 0.106. The first kappa shape index (κ1) is 13.5. The number of hydrogen-bond acceptors (Lipinski definition) is 5. The average Bonchev–Trinajstić information content (AvgIpc) is 2.46. The number of nitriles is 1. The van der Waals surface area contributed by atoms with Crippen LogP contribution < -0.4 is 5.32 Å². The maximum absolute atomic E-state index is 11.0. The maximum atomic E-state index is 11.0. The molecule has 0 fully saturated rings. The van der Waals surface area contributed by atoms with E-state index in [2.05, 4.69) is 10.3 Å². The number of aryl methyl sites for hydroxylation is 1. The number of anilines is 1. The van der Waals surface area contributed by atoms with Gasteiger partial charge in [-0.2, -0.15) is 5.26 Å². The Hall–Kier alpha value is -2.94. The molecular formula is C14H12N4O2. The summed E-state index contributed by atoms with van der Waals surface area (Å²) in [4.78, 5) is 14.5. The van der Waals surface area contributed by atoms with Crippen molar-refractivity contribution in [1.82, 2.24) is 4.98 Å². The molecule has 20 heavy (non-hydrogen) atoms. The summed E-state index contributed by atoms with van der Waals surface area (Å²) >= 11 is 0. The van der Waals surface area contributed by atoms with Crippen LogP contribution in [-0.2, 0) is 6.54 Å². The lowest BCUT2D eigenvalue weighted by Crippen LogP contribution is -2.04. The third-order valence-electron chi connectivity index (χ3n) is 2.94. The number of nitro groups is 1. The average molecular weight is 268 g/mol. The first-order valence-corrected chi connectivity index (χ1v) is 5.93. The van der Waals surface area contributed by atoms with Crippen molar-refractivity contribution in [3.63, 3.8) is 0 Å². The zero-order chi connectivity index (χ0) is 14.5. The molecule has 0 aliphatic carbocycles. The van der Waals surface area contributed by atoms with E-state index in [0.717, 1.165) is 11.1 Å². The minimum Gasteiger partial charge on any atom is -0.375 e. The van der Waals surface area contributed by atoms with E-state index in [1.807, 2.05) is 19.1 Å². The Balaban J connectivity index is 2.24. The predicted molar refractivity (Wildman–Crippen MR) is 74.1 cm³/mol. The van der Waals surface area contributed by atoms with Crippen LogP contribution in [0.5, 0.6) is 0 Å². The Kier molecular flexibility index (Phi) is 3.91. The van der Waals surface area contributed by atoms with Crippen molar-refractivity contribution in [3.8, 4) is 6.07 Å². The van der Waals surface area contributed by atoms with Gasteiger partial charge in [-0.3, -0.25) is 15.1 Å². The Labute approximate surface area is 115 Å². The molecule has 2 aromatic rings. The monoisotopic (exact) mass is 268 g/mol. The molecule has 0 spiro atoms. The fourth-order valence-corrected chi connectivity index (χ4v) is 1.77. The third-order valence-corrected chi connectivity index (χ3v) is 2.94. The van der Waals surface area contributed by atoms with Gasteiger partial charge >= 0.3 is 0 Å². The summed E-state index contributed by atoms with van der Waals surface area (Å²) in [6, 6.07) is 8.12. The van der Waals surface area contributed by atoms with Gasteiger partial charge in [-0.15, -0.1) is 0 Å². The van der Waals surface area contributed by atoms with Crippen molar-refractivity contribution in [2.45, 2.75) is 13.5 Å². The Bertz CT molecular complexity index is 692. The van der Waals surface area contributed by atoms with Crippen molar-refractivity contribution in [3.05, 3.63) is 63.5 Å². The minimum atomic E-state index is -0.501. The molecule has 6 heteroatoms. The van der Waals surface area contributed by atoms with Crippen LogP contribution >= 0.6 is 0 Å². The van der Waals surface area contributed by atoms with Crippen molar-refractivity contribution in [1.29, 1.82) is 5.26 Å². The van der Waals surface area contributed by atoms with Crippen molar-refractivity contribution in [2.24, 2.45) is 0 Å². The lowest BCUT2D eigenvalue weighted by Gasteiger charge is -2.09. The van der Waals surface area contributed by atoms with E-state index < -0.39 is 4.92 Å². The summed E-state index contributed by atoms with van der Waals surface area (Å²) in [5, 5.41) is 22.8. The molecule has 0 aliphatic heterocycles. The molecule has 1 aromatic carbocycles. The van der Waals surface area contributed by atoms with Crippen LogP contribution in [0.3, 0.4) is 0 Å². The number of hydrogen-bond donors (Lipinski definition) is 1. The quantitative estimate of drug-likeness (QED) is 0.680. The zero-order valence-electron chi connectivity index (χ0n) is 10.8. The molecule has 0 atom stereocenters. The smallest absolute Gasteiger partial charge is 0.293 e. The molecule has 1 N–H and O–H groups in total. The van der Waals surface area contributed by atoms with Gasteiger partial charge in [-0.1, -0.05) is 0 Å². The van der Waals surface area contributed by atoms with E-state index >= 15 is 0 Å². The number of rotatable bonds is 4. The molecular weight excluding hydrogens is 256 g/mol. The number of nitrogens with one attached hydrogen (secondary N) is 1. The summed E-state index contributed by atoms with van der Waals surface area (Å²) in [6.45, 7) is 2.39. The van der Waals surface area contributed by atoms with Gasteiger partial charge in [0.05, 0.1) is 16.6 Å². The fraction of sp³-hybridized carbons (Fsp3) is 0.143. The van der Waals surface area contributed by atoms with Gasteiger partial charge < -0.3 is 5.32 Å². The molecule has 1 aromatic heterocycles. The zero-order valence-corrected chi connectivity index (χ0v) is 10.8. The third kappa shape index (κ3) is 2.90. The Morgan fingerprint density at radius 2 is 2.25 bits per heavy atom. The lowest BCUT2D eigenvalue weighted by molar-refractivity contribution is -0.384. The van der Waals surface area contributed by atoms with E-state index in [-0.39, 0.29) is 11.3 Å². The molecule has 0 aliphatic rings. The molecule has 1 heterocycles. The van der Waals surface area contributed by atoms with E-state index in [4.69, 9.17) is 5.26 Å². The first-order valence-electron chi connectivity index (χ1n) is 5.93. The predicted octanol–water partition coefficient (Wildman–Crippen LogP) is 2.78. The van der Waals surface area contributed by atoms with Crippen LogP contribution in [0, 0.1) is 28.4 Å². The van der Waals surface area contributed by atoms with Crippen LogP contribution in [0.15, 0.2) is 36.7 Å². The molecule has 0 unspecified atom stereocenters. The normalized spacial score (nSPS) is 9.80. The van der Waals surface area contributed by atoms with Crippen LogP contribution in [-0.4, -0.2) is 9.91 Å². The maximum Gasteiger partial charge on any atom is 0.293 e. The van der Waals surface area contributed by atoms with Crippen molar-refractivity contribution in [2.75, 3.05) is 5.32 Å². The van der Waals surface area contributed by atoms with Gasteiger partial charge in [-0.25, -0.2) is 0 Å². The van der Waals surface area contributed by atoms with Gasteiger partial charge in [0.1, 0.15) is 5.69 Å². The molecule has 6 nitrogen and oxygen atoms in total. The molecule has 0 saturated carbocycles. The lowest BCUT2D eigenvalue weighted by atomic mass is 10.1. The van der Waals surface area contributed by atoms with Crippen LogP contribution in [0.1, 0.15) is 16.7 Å². The highest BCUT2D eigenvalue weighted by molar-refractivity contribution is 5.64. The van der Waals surface area contributed by atoms with Gasteiger partial charge in [0.15, 0.2) is 0 Å². The number of aromatic nitrogens is 1. The summed E-state index contributed by atoms with van der Waals surface area (Å²) in [7, 11) is 0. The summed E-state index contributed by atoms with van der Waals surface area (Å²) < 4.78 is 0. The summed E-state index contributed by atoms with van der Waals surface area (Å²) in [6.07, 6.45) is 3.42. The second-order valence-electron chi connectivity index (χ2n) is 4.26. The second kappa shape index (κ2) is 5.80. The fourth-order valence-electron chi connectivity index (χ4n) is 1.77. The molecule has 0 amide bonds. The second-order valence-corrected chi connectivity index (χ2v) is 4.26. The number of nitro benzene ring substituents is 1. The van der Waals surface area contributed by atoms with Gasteiger partial charge in [0.2, 0.25) is 0 Å². The SMILES string of the molecule is Cc1ccncc1CNc1ccc(C#N)cc1[N+](=O)[O-]. The Morgan fingerprint density at radius 3 is 2.90 bits per heavy atom. The van der Waals surface area contributed by atoms with Crippen LogP contribution in [0.4, 0.5) is 11.4 Å². The van der Waals surface area contributed by atoms with E-state index in [0.29, 0.717) is 12.2 Å². The van der Waals surface area contributed by atoms with E-state index in [1.54, 1.807) is 24.5 Å². The van der Waals surface area contributed by atoms with Gasteiger partial charge in [0, 0.05) is 25.0 Å². The molecule has 0 radical (unpaired) electrons. The molecule has 0 saturated heterocycles. The molecule has 100 valence electrons. The van der Waals surface area contributed by atoms with Crippen LogP contribution in [0.2, 0.25) is 0 Å². The van der Waals surface area contributed by atoms with E-state index in [9.17, 15) is 10.1 Å². The largest absolute Gasteiger partial charge is 0.375 e. The van der Waals surface area contributed by atoms with Crippen molar-refractivity contribution >= 4 is 11.4 Å². The highest BCUT2D eigenvalue weighted by atomic mass is 16.6. The standard InChI is InChI=1S/C14H12N4O2/c1-10-4-5-16-8-12(10)9-17-13-3-2-11(7-15)6-14(13)18(19)20/h2-6,8,17H,9H2,1H3. The number of benzene rings is 1. The topological polar surface area (TPSA) is 91.8 Å². The summed E-state index contributed by atoms with van der Waals surface area (Å²) in [5.41, 5.74) is 2.57. The number of pyridine rings is 1. The highest BCUT2D eigenvalue weighted by Gasteiger charge is 2.14. The summed E-state index contributed by atoms with van der Waals surface area (Å²) in [5.74, 6) is 0. The Morgan fingerprint density at radius 1 is 1.45 bits per heavy atom. The number of nitrogens with zero attached hydrogens (tertiary/aromatic N) is 3. The van der Waals surface area contributed by atoms with Gasteiger partial charge in [-0.05, 0) is 36.2 Å². The van der Waals surface area contributed by atoms with Gasteiger partial charge in [0.25, 0.3) is 5.69 Å². The molecule has 0 bridgehead atoms. The first-order chi connectivity index (χ1) is 9.61. The van der Waals surface area contributed by atoms with Crippen LogP contribution in [0.25, 0.3) is 0 Å². The van der Waals surface area contributed by atoms with Crippen molar-refractivity contribution < 1.29 is 4.92 Å². The molecule has 2 rings (SSSR count).